The van der Waals surface area contributed by atoms with E-state index in [-0.39, 0.29) is 11.1 Å². The van der Waals surface area contributed by atoms with E-state index in [9.17, 15) is 9.59 Å². The summed E-state index contributed by atoms with van der Waals surface area (Å²) in [5, 5.41) is 2.39. The van der Waals surface area contributed by atoms with Crippen molar-refractivity contribution in [2.45, 2.75) is 19.6 Å². The van der Waals surface area contributed by atoms with Crippen molar-refractivity contribution < 1.29 is 19.0 Å². The molecule has 2 heterocycles. The second-order valence-electron chi connectivity index (χ2n) is 9.93. The van der Waals surface area contributed by atoms with Crippen molar-refractivity contribution in [1.82, 2.24) is 4.57 Å². The van der Waals surface area contributed by atoms with Crippen LogP contribution >= 0.6 is 22.9 Å². The summed E-state index contributed by atoms with van der Waals surface area (Å²) < 4.78 is 19.0. The van der Waals surface area contributed by atoms with Crippen LogP contribution in [0.4, 0.5) is 0 Å². The number of fused-ring (bicyclic) bond motifs is 2. The number of rotatable bonds is 7. The fourth-order valence-electron chi connectivity index (χ4n) is 5.32. The summed E-state index contributed by atoms with van der Waals surface area (Å²) in [5.74, 6) is 0.534. The van der Waals surface area contributed by atoms with Gasteiger partial charge in [0.15, 0.2) is 4.80 Å². The maximum absolute atomic E-state index is 14.3. The molecule has 216 valence electrons. The average Bonchev–Trinajstić information content (AvgIpc) is 3.33. The molecule has 0 saturated carbocycles. The van der Waals surface area contributed by atoms with Crippen molar-refractivity contribution in [3.8, 4) is 11.5 Å². The maximum Gasteiger partial charge on any atom is 0.338 e. The number of benzene rings is 4. The molecule has 0 radical (unpaired) electrons. The number of hydrogen-bond donors (Lipinski definition) is 0. The topological polar surface area (TPSA) is 79.1 Å². The van der Waals surface area contributed by atoms with Crippen LogP contribution in [0, 0.1) is 0 Å². The third-order valence-corrected chi connectivity index (χ3v) is 8.57. The molecule has 1 aliphatic heterocycles. The lowest BCUT2D eigenvalue weighted by molar-refractivity contribution is -0.136. The first-order valence-electron chi connectivity index (χ1n) is 13.5. The van der Waals surface area contributed by atoms with Crippen molar-refractivity contribution in [1.29, 1.82) is 0 Å². The highest BCUT2D eigenvalue weighted by Gasteiger charge is 2.35. The van der Waals surface area contributed by atoms with Gasteiger partial charge in [0.2, 0.25) is 0 Å². The first-order chi connectivity index (χ1) is 20.9. The maximum atomic E-state index is 14.3. The number of carbonyl (C=O) groups excluding carboxylic acids is 1. The Morgan fingerprint density at radius 2 is 1.74 bits per heavy atom. The van der Waals surface area contributed by atoms with E-state index in [0.29, 0.717) is 43.7 Å². The van der Waals surface area contributed by atoms with Crippen LogP contribution in [0.3, 0.4) is 0 Å². The summed E-state index contributed by atoms with van der Waals surface area (Å²) in [6.07, 6.45) is 1.84. The fraction of sp³-hybridized carbons (Fsp3) is 0.147. The van der Waals surface area contributed by atoms with E-state index in [1.165, 1.54) is 30.1 Å². The number of aromatic nitrogens is 1. The van der Waals surface area contributed by atoms with Crippen LogP contribution < -0.4 is 24.4 Å². The molecule has 0 aliphatic carbocycles. The molecule has 5 aromatic rings. The van der Waals surface area contributed by atoms with Crippen LogP contribution in [0.25, 0.3) is 16.8 Å². The van der Waals surface area contributed by atoms with Gasteiger partial charge >= 0.3 is 5.97 Å². The predicted molar refractivity (Wildman–Crippen MR) is 169 cm³/mol. The number of esters is 1. The van der Waals surface area contributed by atoms with Gasteiger partial charge in [-0.2, -0.15) is 0 Å². The molecule has 1 aromatic heterocycles. The fourth-order valence-corrected chi connectivity index (χ4v) is 6.53. The number of allylic oxidation sites excluding steroid dienone is 1. The molecule has 0 N–H and O–H groups in total. The molecule has 9 heteroatoms. The van der Waals surface area contributed by atoms with Gasteiger partial charge in [-0.25, -0.2) is 9.79 Å². The Kier molecular flexibility index (Phi) is 7.88. The molecular weight excluding hydrogens is 584 g/mol. The van der Waals surface area contributed by atoms with Crippen LogP contribution in [-0.4, -0.2) is 24.8 Å². The third kappa shape index (κ3) is 5.35. The highest BCUT2D eigenvalue weighted by molar-refractivity contribution is 7.07. The number of thiazole rings is 1. The van der Waals surface area contributed by atoms with E-state index in [1.807, 2.05) is 72.8 Å². The number of methoxy groups -OCH3 is 2. The Morgan fingerprint density at radius 3 is 2.51 bits per heavy atom. The molecule has 43 heavy (non-hydrogen) atoms. The van der Waals surface area contributed by atoms with Gasteiger partial charge in [-0.3, -0.25) is 9.36 Å². The minimum absolute atomic E-state index is 0.235. The lowest BCUT2D eigenvalue weighted by atomic mass is 9.95. The van der Waals surface area contributed by atoms with Gasteiger partial charge in [0.25, 0.3) is 5.56 Å². The van der Waals surface area contributed by atoms with Crippen LogP contribution in [-0.2, 0) is 16.1 Å². The predicted octanol–water partition coefficient (Wildman–Crippen LogP) is 5.80. The van der Waals surface area contributed by atoms with E-state index in [2.05, 4.69) is 4.99 Å². The molecular formula is C34H27ClN2O5S. The Bertz CT molecular complexity index is 2080. The highest BCUT2D eigenvalue weighted by Crippen LogP contribution is 2.37. The van der Waals surface area contributed by atoms with E-state index in [1.54, 1.807) is 25.1 Å². The first kappa shape index (κ1) is 28.5. The number of halogens is 1. The zero-order valence-electron chi connectivity index (χ0n) is 23.7. The largest absolute Gasteiger partial charge is 0.496 e. The number of carbonyl (C=O) groups is 1. The number of nitrogens with zero attached hydrogens (tertiary/aromatic N) is 2. The van der Waals surface area contributed by atoms with Crippen LogP contribution in [0.15, 0.2) is 106 Å². The third-order valence-electron chi connectivity index (χ3n) is 7.36. The van der Waals surface area contributed by atoms with E-state index in [4.69, 9.17) is 25.8 Å². The SMILES string of the molecule is COC(=O)C1=C(C)N=c2s/c(=C\c3c(OCc4ccccc4)ccc4ccccc34)c(=O)n2[C@@H]1c1cc(Cl)ccc1OC. The van der Waals surface area contributed by atoms with Gasteiger partial charge in [-0.15, -0.1) is 0 Å². The molecule has 0 amide bonds. The van der Waals surface area contributed by atoms with Gasteiger partial charge in [-0.05, 0) is 53.6 Å². The summed E-state index contributed by atoms with van der Waals surface area (Å²) in [5.41, 5.74) is 2.73. The summed E-state index contributed by atoms with van der Waals surface area (Å²) in [7, 11) is 2.83. The van der Waals surface area contributed by atoms with Crippen molar-refractivity contribution in [2.24, 2.45) is 4.99 Å². The van der Waals surface area contributed by atoms with Crippen molar-refractivity contribution >= 4 is 45.8 Å². The van der Waals surface area contributed by atoms with Gasteiger partial charge in [0.1, 0.15) is 24.1 Å². The second-order valence-corrected chi connectivity index (χ2v) is 11.4. The van der Waals surface area contributed by atoms with E-state index >= 15 is 0 Å². The molecule has 0 unspecified atom stereocenters. The van der Waals surface area contributed by atoms with Crippen molar-refractivity contribution in [3.63, 3.8) is 0 Å². The second kappa shape index (κ2) is 11.9. The summed E-state index contributed by atoms with van der Waals surface area (Å²) in [4.78, 5) is 32.5. The van der Waals surface area contributed by atoms with Crippen LogP contribution in [0.2, 0.25) is 5.02 Å². The Labute approximate surface area is 256 Å². The number of ether oxygens (including phenoxy) is 3. The molecule has 1 atom stereocenters. The standard InChI is InChI=1S/C34H27ClN2O5S/c1-20-30(33(39)41-3)31(26-17-23(35)14-16-27(26)40-2)37-32(38)29(43-34(37)36-20)18-25-24-12-8-7-11-22(24)13-15-28(25)42-19-21-9-5-4-6-10-21/h4-18,31H,19H2,1-3H3/b29-18-/t31-/m1/s1. The molecule has 1 aliphatic rings. The average molecular weight is 611 g/mol. The van der Waals surface area contributed by atoms with Crippen LogP contribution in [0.5, 0.6) is 11.5 Å². The zero-order chi connectivity index (χ0) is 30.1. The zero-order valence-corrected chi connectivity index (χ0v) is 25.2. The summed E-state index contributed by atoms with van der Waals surface area (Å²) in [6.45, 7) is 2.10. The molecule has 0 fully saturated rings. The smallest absolute Gasteiger partial charge is 0.338 e. The molecule has 4 aromatic carbocycles. The summed E-state index contributed by atoms with van der Waals surface area (Å²) >= 11 is 7.64. The molecule has 7 nitrogen and oxygen atoms in total. The molecule has 6 rings (SSSR count). The van der Waals surface area contributed by atoms with E-state index < -0.39 is 12.0 Å². The Morgan fingerprint density at radius 1 is 1.00 bits per heavy atom. The van der Waals surface area contributed by atoms with Gasteiger partial charge in [-0.1, -0.05) is 83.6 Å². The van der Waals surface area contributed by atoms with Crippen LogP contribution in [0.1, 0.15) is 29.7 Å². The molecule has 0 saturated heterocycles. The lowest BCUT2D eigenvalue weighted by Crippen LogP contribution is -2.40. The summed E-state index contributed by atoms with van der Waals surface area (Å²) in [6, 6.07) is 26.0. The monoisotopic (exact) mass is 610 g/mol. The Hall–Kier alpha value is -4.66. The van der Waals surface area contributed by atoms with Gasteiger partial charge in [0.05, 0.1) is 30.0 Å². The number of hydrogen-bond acceptors (Lipinski definition) is 7. The normalized spacial score (nSPS) is 14.8. The van der Waals surface area contributed by atoms with Gasteiger partial charge < -0.3 is 14.2 Å². The van der Waals surface area contributed by atoms with E-state index in [0.717, 1.165) is 21.9 Å². The Balaban J connectivity index is 1.57. The molecule has 0 spiro atoms. The van der Waals surface area contributed by atoms with Crippen molar-refractivity contribution in [2.75, 3.05) is 14.2 Å². The molecule has 0 bridgehead atoms. The first-order valence-corrected chi connectivity index (χ1v) is 14.7. The van der Waals surface area contributed by atoms with Crippen molar-refractivity contribution in [3.05, 3.63) is 138 Å². The minimum Gasteiger partial charge on any atom is -0.496 e. The lowest BCUT2D eigenvalue weighted by Gasteiger charge is -2.25. The quantitative estimate of drug-likeness (QED) is 0.218. The minimum atomic E-state index is -0.860. The van der Waals surface area contributed by atoms with Gasteiger partial charge in [0, 0.05) is 16.1 Å². The highest BCUT2D eigenvalue weighted by atomic mass is 35.5.